The second-order valence-electron chi connectivity index (χ2n) is 16.8. The van der Waals surface area contributed by atoms with Crippen molar-refractivity contribution >= 4 is 33.4 Å². The van der Waals surface area contributed by atoms with Gasteiger partial charge in [-0.1, -0.05) is 36.4 Å². The second kappa shape index (κ2) is 15.8. The van der Waals surface area contributed by atoms with Gasteiger partial charge in [-0.3, -0.25) is 23.7 Å². The van der Waals surface area contributed by atoms with Crippen molar-refractivity contribution < 1.29 is 27.9 Å². The molecule has 4 aromatic heterocycles. The van der Waals surface area contributed by atoms with Crippen LogP contribution in [0.15, 0.2) is 82.6 Å². The number of alkyl halides is 3. The molecule has 4 saturated carbocycles. The number of carbonyl (C=O) groups excluding carboxylic acids is 1. The van der Waals surface area contributed by atoms with E-state index in [9.17, 15) is 32.3 Å². The number of nitrogens with one attached hydrogen (secondary N) is 3. The Kier molecular flexibility index (Phi) is 10.7. The highest BCUT2D eigenvalue weighted by Crippen LogP contribution is 2.62. The fraction of sp³-hybridized carbons (Fsp3) is 0.429. The Morgan fingerprint density at radius 3 is 1.67 bits per heavy atom. The number of carbonyl (C=O) groups is 2. The quantitative estimate of drug-likeness (QED) is 0.133. The van der Waals surface area contributed by atoms with Crippen LogP contribution in [0.25, 0.3) is 21.5 Å². The van der Waals surface area contributed by atoms with E-state index in [1.54, 1.807) is 16.9 Å². The lowest BCUT2D eigenvalue weighted by Gasteiger charge is -2.57. The summed E-state index contributed by atoms with van der Waals surface area (Å²) < 4.78 is 39.6. The van der Waals surface area contributed by atoms with Gasteiger partial charge in [0.15, 0.2) is 5.69 Å². The molecule has 1 amide bonds. The lowest BCUT2D eigenvalue weighted by molar-refractivity contribution is -0.142. The Hall–Kier alpha value is -6.17. The summed E-state index contributed by atoms with van der Waals surface area (Å²) >= 11 is 0. The Morgan fingerprint density at radius 2 is 1.22 bits per heavy atom. The zero-order valence-electron chi connectivity index (χ0n) is 32.8. The molecule has 0 atom stereocenters. The van der Waals surface area contributed by atoms with Gasteiger partial charge >= 0.3 is 12.1 Å². The number of amides is 1. The molecular weight excluding hydrogens is 782 g/mol. The Morgan fingerprint density at radius 1 is 0.750 bits per heavy atom. The molecule has 6 N–H and O–H groups in total. The lowest BCUT2D eigenvalue weighted by Crippen LogP contribution is -2.55. The number of benzene rings is 2. The van der Waals surface area contributed by atoms with E-state index in [-0.39, 0.29) is 39.9 Å². The zero-order chi connectivity index (χ0) is 42.4. The van der Waals surface area contributed by atoms with Gasteiger partial charge in [-0.25, -0.2) is 15.0 Å². The van der Waals surface area contributed by atoms with Crippen molar-refractivity contribution in [3.63, 3.8) is 0 Å². The molecule has 0 unspecified atom stereocenters. The van der Waals surface area contributed by atoms with E-state index in [4.69, 9.17) is 10.8 Å². The van der Waals surface area contributed by atoms with E-state index in [0.717, 1.165) is 77.0 Å². The SMILES string of the molecule is CCn1ccc(C(=O)O)n1.NC1CC2(C1)CC(c1n[nH]c(=O)c3ccccc13)C2.O=C(NC1CC2(C1)CC(c1n[nH]c(=O)c3ccccc13)C2)c1ccn(CC(F)(F)F)n1. The predicted octanol–water partition coefficient (Wildman–Crippen LogP) is 5.65. The third kappa shape index (κ3) is 8.32. The highest BCUT2D eigenvalue weighted by atomic mass is 19.4. The minimum absolute atomic E-state index is 0.0125. The van der Waals surface area contributed by atoms with E-state index in [2.05, 4.69) is 35.9 Å². The molecule has 314 valence electrons. The van der Waals surface area contributed by atoms with Crippen molar-refractivity contribution in [1.29, 1.82) is 0 Å². The number of rotatable bonds is 7. The topological polar surface area (TPSA) is 220 Å². The molecular formula is C42H45F3N10O5. The first kappa shape index (κ1) is 40.6. The number of carboxylic acids is 1. The van der Waals surface area contributed by atoms with Crippen LogP contribution < -0.4 is 22.2 Å². The number of nitrogens with two attached hydrogens (primary N) is 1. The molecule has 2 aromatic carbocycles. The average molecular weight is 827 g/mol. The summed E-state index contributed by atoms with van der Waals surface area (Å²) in [6.45, 7) is 1.38. The standard InChI is InChI=1S/C21H20F3N5O2.C15H17N3O.C6H8N2O2/c22-21(23,24)11-29-6-5-16(28-29)19(31)25-13-9-20(10-13)7-12(8-20)17-14-3-1-2-4-15(14)18(30)27-26-17;16-10-7-15(8-10)5-9(6-15)13-11-3-1-2-4-12(11)14(19)18-17-13;1-2-8-4-3-5(7-8)6(9)10/h1-6,12-13H,7-11H2,(H,25,31)(H,27,30);1-4,9-10H,5-8,16H2,(H,18,19);3-4H,2H2,1H3,(H,9,10). The molecule has 0 radical (unpaired) electrons. The minimum Gasteiger partial charge on any atom is -0.476 e. The van der Waals surface area contributed by atoms with Gasteiger partial charge in [0.1, 0.15) is 12.2 Å². The average Bonchev–Trinajstić information content (AvgIpc) is 3.85. The minimum atomic E-state index is -4.38. The van der Waals surface area contributed by atoms with Crippen molar-refractivity contribution in [3.05, 3.63) is 117 Å². The summed E-state index contributed by atoms with van der Waals surface area (Å²) in [7, 11) is 0. The Labute approximate surface area is 340 Å². The third-order valence-corrected chi connectivity index (χ3v) is 12.4. The molecule has 10 rings (SSSR count). The summed E-state index contributed by atoms with van der Waals surface area (Å²) in [6.07, 6.45) is 6.58. The monoisotopic (exact) mass is 826 g/mol. The Bertz CT molecular complexity index is 2660. The fourth-order valence-electron chi connectivity index (χ4n) is 9.72. The smallest absolute Gasteiger partial charge is 0.408 e. The second-order valence-corrected chi connectivity index (χ2v) is 16.8. The molecule has 0 bridgehead atoms. The number of fused-ring (bicyclic) bond motifs is 2. The number of aromatic amines is 2. The number of carboxylic acid groups (broad SMARTS) is 1. The number of nitrogens with zero attached hydrogens (tertiary/aromatic N) is 6. The van der Waals surface area contributed by atoms with Crippen molar-refractivity contribution in [3.8, 4) is 0 Å². The van der Waals surface area contributed by atoms with E-state index >= 15 is 0 Å². The van der Waals surface area contributed by atoms with Gasteiger partial charge < -0.3 is 16.2 Å². The largest absolute Gasteiger partial charge is 0.476 e. The van der Waals surface area contributed by atoms with Gasteiger partial charge in [-0.05, 0) is 93.4 Å². The van der Waals surface area contributed by atoms with Crippen LogP contribution in [0, 0.1) is 10.8 Å². The first-order valence-corrected chi connectivity index (χ1v) is 20.0. The van der Waals surface area contributed by atoms with Crippen LogP contribution in [0.4, 0.5) is 13.2 Å². The molecule has 15 nitrogen and oxygen atoms in total. The molecule has 60 heavy (non-hydrogen) atoms. The molecule has 6 aromatic rings. The number of H-pyrrole nitrogens is 2. The van der Waals surface area contributed by atoms with Crippen LogP contribution in [0.2, 0.25) is 0 Å². The van der Waals surface area contributed by atoms with E-state index in [1.165, 1.54) is 25.0 Å². The van der Waals surface area contributed by atoms with Crippen molar-refractivity contribution in [2.75, 3.05) is 0 Å². The number of aromatic carboxylic acids is 1. The summed E-state index contributed by atoms with van der Waals surface area (Å²) in [5, 5.41) is 35.8. The number of aryl methyl sites for hydroxylation is 1. The highest BCUT2D eigenvalue weighted by Gasteiger charge is 2.54. The first-order valence-electron chi connectivity index (χ1n) is 20.0. The van der Waals surface area contributed by atoms with Crippen molar-refractivity contribution in [2.24, 2.45) is 16.6 Å². The maximum absolute atomic E-state index is 12.4. The molecule has 4 heterocycles. The molecule has 4 aliphatic rings. The summed E-state index contributed by atoms with van der Waals surface area (Å²) in [6, 6.07) is 18.3. The number of halogens is 3. The van der Waals surface area contributed by atoms with E-state index in [0.29, 0.717) is 29.3 Å². The van der Waals surface area contributed by atoms with Gasteiger partial charge in [0.25, 0.3) is 17.0 Å². The first-order chi connectivity index (χ1) is 28.6. The molecule has 18 heteroatoms. The number of hydrogen-bond acceptors (Lipinski definition) is 9. The number of aromatic nitrogens is 8. The highest BCUT2D eigenvalue weighted by molar-refractivity contribution is 5.92. The molecule has 4 aliphatic carbocycles. The molecule has 2 spiro atoms. The van der Waals surface area contributed by atoms with E-state index in [1.807, 2.05) is 49.4 Å². The van der Waals surface area contributed by atoms with Crippen LogP contribution in [0.1, 0.15) is 102 Å². The predicted molar refractivity (Wildman–Crippen MR) is 214 cm³/mol. The van der Waals surface area contributed by atoms with Gasteiger partial charge in [-0.15, -0.1) is 0 Å². The maximum Gasteiger partial charge on any atom is 0.408 e. The maximum atomic E-state index is 12.4. The van der Waals surface area contributed by atoms with Gasteiger partial charge in [0, 0.05) is 53.6 Å². The third-order valence-electron chi connectivity index (χ3n) is 12.4. The van der Waals surface area contributed by atoms with E-state index < -0.39 is 24.6 Å². The van der Waals surface area contributed by atoms with Crippen LogP contribution in [-0.2, 0) is 13.1 Å². The van der Waals surface area contributed by atoms with Gasteiger partial charge in [0.2, 0.25) is 0 Å². The molecule has 4 fully saturated rings. The molecule has 0 saturated heterocycles. The van der Waals surface area contributed by atoms with Crippen LogP contribution in [-0.4, -0.2) is 75.2 Å². The summed E-state index contributed by atoms with van der Waals surface area (Å²) in [5.41, 5.74) is 8.29. The van der Waals surface area contributed by atoms with Crippen molar-refractivity contribution in [2.45, 2.75) is 101 Å². The van der Waals surface area contributed by atoms with Crippen LogP contribution in [0.5, 0.6) is 0 Å². The summed E-state index contributed by atoms with van der Waals surface area (Å²) in [5.74, 6) is -0.692. The van der Waals surface area contributed by atoms with Gasteiger partial charge in [-0.2, -0.15) is 33.6 Å². The van der Waals surface area contributed by atoms with Crippen LogP contribution in [0.3, 0.4) is 0 Å². The summed E-state index contributed by atoms with van der Waals surface area (Å²) in [4.78, 5) is 46.3. The lowest BCUT2D eigenvalue weighted by atomic mass is 9.49. The van der Waals surface area contributed by atoms with Crippen LogP contribution >= 0.6 is 0 Å². The zero-order valence-corrected chi connectivity index (χ0v) is 32.8. The van der Waals surface area contributed by atoms with Crippen molar-refractivity contribution in [1.82, 2.24) is 45.3 Å². The fourth-order valence-corrected chi connectivity index (χ4v) is 9.72. The molecule has 0 aliphatic heterocycles. The van der Waals surface area contributed by atoms with Gasteiger partial charge in [0.05, 0.1) is 22.2 Å². The Balaban J connectivity index is 0.000000145. The normalized spacial score (nSPS) is 25.1. The number of hydrogen-bond donors (Lipinski definition) is 5.